The summed E-state index contributed by atoms with van der Waals surface area (Å²) < 4.78 is 1.16. The Morgan fingerprint density at radius 3 is 2.87 bits per heavy atom. The lowest BCUT2D eigenvalue weighted by molar-refractivity contribution is 0.336. The molecule has 15 heavy (non-hydrogen) atoms. The fourth-order valence-corrected chi connectivity index (χ4v) is 2.49. The van der Waals surface area contributed by atoms with E-state index >= 15 is 0 Å². The van der Waals surface area contributed by atoms with Gasteiger partial charge in [-0.3, -0.25) is 0 Å². The van der Waals surface area contributed by atoms with Crippen LogP contribution in [0.4, 0.5) is 0 Å². The third kappa shape index (κ3) is 3.03. The second kappa shape index (κ2) is 5.10. The standard InChI is InChI=1S/C12H17BrN2/c1-9-12(15-6-5-14-9)8-10-3-2-4-11(13)7-10/h2-4,7,9,12,14-15H,5-6,8H2,1H3. The van der Waals surface area contributed by atoms with Crippen LogP contribution in [-0.4, -0.2) is 25.2 Å². The molecule has 1 heterocycles. The molecule has 0 aliphatic carbocycles. The molecule has 0 aromatic heterocycles. The van der Waals surface area contributed by atoms with E-state index in [2.05, 4.69) is 57.8 Å². The molecule has 0 spiro atoms. The molecular weight excluding hydrogens is 252 g/mol. The summed E-state index contributed by atoms with van der Waals surface area (Å²) in [6.07, 6.45) is 1.09. The van der Waals surface area contributed by atoms with Gasteiger partial charge in [0, 0.05) is 29.6 Å². The van der Waals surface area contributed by atoms with Crippen LogP contribution in [0.2, 0.25) is 0 Å². The van der Waals surface area contributed by atoms with Gasteiger partial charge < -0.3 is 10.6 Å². The average molecular weight is 269 g/mol. The number of hydrogen-bond acceptors (Lipinski definition) is 2. The first-order chi connectivity index (χ1) is 7.25. The third-order valence-corrected chi connectivity index (χ3v) is 3.44. The van der Waals surface area contributed by atoms with Crippen molar-refractivity contribution in [1.82, 2.24) is 10.6 Å². The molecule has 1 fully saturated rings. The van der Waals surface area contributed by atoms with Crippen molar-refractivity contribution in [3.8, 4) is 0 Å². The number of hydrogen-bond donors (Lipinski definition) is 2. The van der Waals surface area contributed by atoms with Crippen molar-refractivity contribution < 1.29 is 0 Å². The van der Waals surface area contributed by atoms with Gasteiger partial charge in [-0.05, 0) is 31.0 Å². The molecule has 0 bridgehead atoms. The van der Waals surface area contributed by atoms with Gasteiger partial charge in [0.05, 0.1) is 0 Å². The number of rotatable bonds is 2. The van der Waals surface area contributed by atoms with Crippen molar-refractivity contribution in [1.29, 1.82) is 0 Å². The summed E-state index contributed by atoms with van der Waals surface area (Å²) in [5.74, 6) is 0. The highest BCUT2D eigenvalue weighted by atomic mass is 79.9. The van der Waals surface area contributed by atoms with E-state index in [9.17, 15) is 0 Å². The highest BCUT2D eigenvalue weighted by Gasteiger charge is 2.19. The van der Waals surface area contributed by atoms with Gasteiger partial charge in [-0.1, -0.05) is 28.1 Å². The van der Waals surface area contributed by atoms with Crippen LogP contribution >= 0.6 is 15.9 Å². The zero-order valence-electron chi connectivity index (χ0n) is 8.96. The summed E-state index contributed by atoms with van der Waals surface area (Å²) in [6, 6.07) is 9.65. The topological polar surface area (TPSA) is 24.1 Å². The van der Waals surface area contributed by atoms with Crippen LogP contribution in [0, 0.1) is 0 Å². The third-order valence-electron chi connectivity index (χ3n) is 2.95. The second-order valence-corrected chi connectivity index (χ2v) is 5.05. The zero-order chi connectivity index (χ0) is 10.7. The minimum Gasteiger partial charge on any atom is -0.311 e. The van der Waals surface area contributed by atoms with Gasteiger partial charge in [-0.25, -0.2) is 0 Å². The van der Waals surface area contributed by atoms with Crippen molar-refractivity contribution in [2.75, 3.05) is 13.1 Å². The van der Waals surface area contributed by atoms with E-state index in [0.29, 0.717) is 12.1 Å². The Bertz CT molecular complexity index is 327. The first kappa shape index (κ1) is 11.1. The Kier molecular flexibility index (Phi) is 3.78. The van der Waals surface area contributed by atoms with Crippen LogP contribution in [0.15, 0.2) is 28.7 Å². The first-order valence-corrected chi connectivity index (χ1v) is 6.26. The molecule has 0 radical (unpaired) electrons. The lowest BCUT2D eigenvalue weighted by Crippen LogP contribution is -2.55. The minimum atomic E-state index is 0.549. The average Bonchev–Trinajstić information content (AvgIpc) is 2.22. The zero-order valence-corrected chi connectivity index (χ0v) is 10.5. The van der Waals surface area contributed by atoms with Gasteiger partial charge in [-0.2, -0.15) is 0 Å². The summed E-state index contributed by atoms with van der Waals surface area (Å²) in [7, 11) is 0. The smallest absolute Gasteiger partial charge is 0.0259 e. The fraction of sp³-hybridized carbons (Fsp3) is 0.500. The van der Waals surface area contributed by atoms with E-state index in [1.54, 1.807) is 0 Å². The van der Waals surface area contributed by atoms with Crippen molar-refractivity contribution in [2.24, 2.45) is 0 Å². The van der Waals surface area contributed by atoms with Gasteiger partial charge in [-0.15, -0.1) is 0 Å². The summed E-state index contributed by atoms with van der Waals surface area (Å²) in [6.45, 7) is 4.40. The molecule has 1 aliphatic rings. The molecule has 3 heteroatoms. The highest BCUT2D eigenvalue weighted by Crippen LogP contribution is 2.14. The van der Waals surface area contributed by atoms with Gasteiger partial charge in [0.15, 0.2) is 0 Å². The predicted molar refractivity (Wildman–Crippen MR) is 67.1 cm³/mol. The van der Waals surface area contributed by atoms with E-state index in [0.717, 1.165) is 24.0 Å². The van der Waals surface area contributed by atoms with Gasteiger partial charge in [0.2, 0.25) is 0 Å². The normalized spacial score (nSPS) is 26.5. The van der Waals surface area contributed by atoms with Crippen molar-refractivity contribution >= 4 is 15.9 Å². The van der Waals surface area contributed by atoms with Crippen LogP contribution in [-0.2, 0) is 6.42 Å². The predicted octanol–water partition coefficient (Wildman–Crippen LogP) is 1.94. The van der Waals surface area contributed by atoms with Crippen molar-refractivity contribution in [3.63, 3.8) is 0 Å². The maximum atomic E-state index is 3.56. The van der Waals surface area contributed by atoms with E-state index in [1.807, 2.05) is 0 Å². The highest BCUT2D eigenvalue weighted by molar-refractivity contribution is 9.10. The molecule has 1 saturated heterocycles. The maximum absolute atomic E-state index is 3.56. The van der Waals surface area contributed by atoms with Gasteiger partial charge in [0.25, 0.3) is 0 Å². The Labute approximate surface area is 99.6 Å². The molecule has 1 aromatic carbocycles. The molecule has 1 aromatic rings. The fourth-order valence-electron chi connectivity index (χ4n) is 2.04. The molecule has 1 aliphatic heterocycles. The van der Waals surface area contributed by atoms with E-state index in [-0.39, 0.29) is 0 Å². The molecule has 82 valence electrons. The summed E-state index contributed by atoms with van der Waals surface area (Å²) in [5.41, 5.74) is 1.39. The Balaban J connectivity index is 2.01. The van der Waals surface area contributed by atoms with Gasteiger partial charge in [0.1, 0.15) is 0 Å². The Morgan fingerprint density at radius 1 is 1.33 bits per heavy atom. The van der Waals surface area contributed by atoms with E-state index in [1.165, 1.54) is 5.56 Å². The van der Waals surface area contributed by atoms with Crippen LogP contribution in [0.25, 0.3) is 0 Å². The van der Waals surface area contributed by atoms with Crippen molar-refractivity contribution in [2.45, 2.75) is 25.4 Å². The molecule has 2 atom stereocenters. The van der Waals surface area contributed by atoms with E-state index in [4.69, 9.17) is 0 Å². The number of piperazine rings is 1. The molecule has 0 amide bonds. The van der Waals surface area contributed by atoms with Crippen LogP contribution in [0.1, 0.15) is 12.5 Å². The molecule has 2 N–H and O–H groups in total. The van der Waals surface area contributed by atoms with Crippen molar-refractivity contribution in [3.05, 3.63) is 34.3 Å². The summed E-state index contributed by atoms with van der Waals surface area (Å²) in [4.78, 5) is 0. The molecule has 2 rings (SSSR count). The largest absolute Gasteiger partial charge is 0.311 e. The molecule has 2 unspecified atom stereocenters. The van der Waals surface area contributed by atoms with Crippen LogP contribution < -0.4 is 10.6 Å². The Morgan fingerprint density at radius 2 is 2.13 bits per heavy atom. The molecule has 0 saturated carbocycles. The van der Waals surface area contributed by atoms with Gasteiger partial charge >= 0.3 is 0 Å². The maximum Gasteiger partial charge on any atom is 0.0259 e. The number of halogens is 1. The molecule has 2 nitrogen and oxygen atoms in total. The SMILES string of the molecule is CC1NCCNC1Cc1cccc(Br)c1. The number of nitrogens with one attached hydrogen (secondary N) is 2. The molecular formula is C12H17BrN2. The number of benzene rings is 1. The lowest BCUT2D eigenvalue weighted by atomic mass is 9.99. The van der Waals surface area contributed by atoms with Crippen LogP contribution in [0.3, 0.4) is 0 Å². The Hall–Kier alpha value is -0.380. The first-order valence-electron chi connectivity index (χ1n) is 5.47. The second-order valence-electron chi connectivity index (χ2n) is 4.14. The van der Waals surface area contributed by atoms with E-state index < -0.39 is 0 Å². The summed E-state index contributed by atoms with van der Waals surface area (Å²) >= 11 is 3.51. The van der Waals surface area contributed by atoms with Crippen LogP contribution in [0.5, 0.6) is 0 Å². The quantitative estimate of drug-likeness (QED) is 0.857. The minimum absolute atomic E-state index is 0.549. The summed E-state index contributed by atoms with van der Waals surface area (Å²) in [5, 5.41) is 7.05. The lowest BCUT2D eigenvalue weighted by Gasteiger charge is -2.31. The monoisotopic (exact) mass is 268 g/mol.